The highest BCUT2D eigenvalue weighted by Gasteiger charge is 2.27. The number of rotatable bonds is 4. The SMILES string of the molecule is CCn1nc(C(=O)N2CCN(c3c(C)cccc3OC)CC2)c2ccccc2c1=O. The first kappa shape index (κ1) is 19.9. The van der Waals surface area contributed by atoms with Gasteiger partial charge in [0.25, 0.3) is 11.5 Å². The fourth-order valence-electron chi connectivity index (χ4n) is 4.09. The zero-order chi connectivity index (χ0) is 21.3. The number of aryl methyl sites for hydroxylation is 2. The van der Waals surface area contributed by atoms with Crippen LogP contribution in [0.15, 0.2) is 47.3 Å². The van der Waals surface area contributed by atoms with Crippen LogP contribution in [0.2, 0.25) is 0 Å². The highest BCUT2D eigenvalue weighted by atomic mass is 16.5. The molecule has 0 saturated carbocycles. The van der Waals surface area contributed by atoms with Gasteiger partial charge in [0.2, 0.25) is 0 Å². The molecule has 2 heterocycles. The average molecular weight is 406 g/mol. The third-order valence-corrected chi connectivity index (χ3v) is 5.67. The number of benzene rings is 2. The number of piperazine rings is 1. The fraction of sp³-hybridized carbons (Fsp3) is 0.348. The fourth-order valence-corrected chi connectivity index (χ4v) is 4.09. The molecule has 0 N–H and O–H groups in total. The van der Waals surface area contributed by atoms with E-state index < -0.39 is 0 Å². The summed E-state index contributed by atoms with van der Waals surface area (Å²) in [6, 6.07) is 13.2. The van der Waals surface area contributed by atoms with Gasteiger partial charge in [-0.3, -0.25) is 9.59 Å². The maximum absolute atomic E-state index is 13.3. The largest absolute Gasteiger partial charge is 0.495 e. The second-order valence-corrected chi connectivity index (χ2v) is 7.42. The van der Waals surface area contributed by atoms with Gasteiger partial charge in [-0.05, 0) is 31.5 Å². The lowest BCUT2D eigenvalue weighted by atomic mass is 10.1. The molecule has 7 heteroatoms. The van der Waals surface area contributed by atoms with Crippen molar-refractivity contribution < 1.29 is 9.53 Å². The molecule has 1 fully saturated rings. The summed E-state index contributed by atoms with van der Waals surface area (Å²) in [5.41, 5.74) is 2.40. The molecular formula is C23H26N4O3. The predicted molar refractivity (Wildman–Crippen MR) is 118 cm³/mol. The first-order valence-corrected chi connectivity index (χ1v) is 10.2. The van der Waals surface area contributed by atoms with Crippen LogP contribution >= 0.6 is 0 Å². The first-order chi connectivity index (χ1) is 14.5. The van der Waals surface area contributed by atoms with Crippen LogP contribution in [0.5, 0.6) is 5.75 Å². The molecule has 1 aliphatic rings. The lowest BCUT2D eigenvalue weighted by molar-refractivity contribution is 0.0740. The van der Waals surface area contributed by atoms with E-state index in [1.807, 2.05) is 36.1 Å². The molecule has 4 rings (SSSR count). The van der Waals surface area contributed by atoms with Crippen LogP contribution in [0.4, 0.5) is 5.69 Å². The monoisotopic (exact) mass is 406 g/mol. The molecule has 0 unspecified atom stereocenters. The topological polar surface area (TPSA) is 67.7 Å². The van der Waals surface area contributed by atoms with E-state index in [0.717, 1.165) is 17.0 Å². The number of anilines is 1. The number of aromatic nitrogens is 2. The Hall–Kier alpha value is -3.35. The van der Waals surface area contributed by atoms with E-state index in [1.54, 1.807) is 19.2 Å². The Balaban J connectivity index is 1.60. The average Bonchev–Trinajstić information content (AvgIpc) is 2.79. The van der Waals surface area contributed by atoms with Crippen LogP contribution in [-0.4, -0.2) is 53.9 Å². The number of hydrogen-bond acceptors (Lipinski definition) is 5. The summed E-state index contributed by atoms with van der Waals surface area (Å²) in [5, 5.41) is 5.53. The standard InChI is InChI=1S/C23H26N4O3/c1-4-27-22(28)18-10-6-5-9-17(18)20(24-27)23(29)26-14-12-25(13-15-26)21-16(2)8-7-11-19(21)30-3/h5-11H,4,12-15H2,1-3H3. The molecule has 3 aromatic rings. The normalized spacial score (nSPS) is 14.2. The summed E-state index contributed by atoms with van der Waals surface area (Å²) < 4.78 is 6.91. The van der Waals surface area contributed by atoms with E-state index in [4.69, 9.17) is 4.74 Å². The van der Waals surface area contributed by atoms with Gasteiger partial charge in [-0.25, -0.2) is 4.68 Å². The molecule has 1 amide bonds. The Morgan fingerprint density at radius 1 is 1.03 bits per heavy atom. The molecule has 0 bridgehead atoms. The van der Waals surface area contributed by atoms with Gasteiger partial charge in [-0.15, -0.1) is 0 Å². The van der Waals surface area contributed by atoms with Crippen molar-refractivity contribution in [2.45, 2.75) is 20.4 Å². The molecule has 0 atom stereocenters. The highest BCUT2D eigenvalue weighted by Crippen LogP contribution is 2.32. The molecule has 1 saturated heterocycles. The molecule has 7 nitrogen and oxygen atoms in total. The molecule has 1 aromatic heterocycles. The number of ether oxygens (including phenoxy) is 1. The van der Waals surface area contributed by atoms with Crippen molar-refractivity contribution in [1.82, 2.24) is 14.7 Å². The van der Waals surface area contributed by atoms with Crippen molar-refractivity contribution >= 4 is 22.4 Å². The zero-order valence-electron chi connectivity index (χ0n) is 17.6. The van der Waals surface area contributed by atoms with Gasteiger partial charge in [0, 0.05) is 38.1 Å². The predicted octanol–water partition coefficient (Wildman–Crippen LogP) is 2.70. The quantitative estimate of drug-likeness (QED) is 0.666. The number of methoxy groups -OCH3 is 1. The summed E-state index contributed by atoms with van der Waals surface area (Å²) in [4.78, 5) is 30.0. The number of amides is 1. The Morgan fingerprint density at radius 3 is 2.40 bits per heavy atom. The molecule has 0 radical (unpaired) electrons. The van der Waals surface area contributed by atoms with Gasteiger partial charge in [-0.2, -0.15) is 5.10 Å². The van der Waals surface area contributed by atoms with Crippen molar-refractivity contribution in [3.63, 3.8) is 0 Å². The van der Waals surface area contributed by atoms with Gasteiger partial charge in [0.15, 0.2) is 5.69 Å². The van der Waals surface area contributed by atoms with Gasteiger partial charge in [-0.1, -0.05) is 30.3 Å². The lowest BCUT2D eigenvalue weighted by Crippen LogP contribution is -2.49. The number of fused-ring (bicyclic) bond motifs is 1. The van der Waals surface area contributed by atoms with E-state index in [-0.39, 0.29) is 11.5 Å². The molecule has 1 aliphatic heterocycles. The minimum absolute atomic E-state index is 0.134. The van der Waals surface area contributed by atoms with Crippen LogP contribution in [0.3, 0.4) is 0 Å². The third-order valence-electron chi connectivity index (χ3n) is 5.67. The smallest absolute Gasteiger partial charge is 0.275 e. The highest BCUT2D eigenvalue weighted by molar-refractivity contribution is 6.04. The molecule has 156 valence electrons. The number of hydrogen-bond donors (Lipinski definition) is 0. The van der Waals surface area contributed by atoms with Crippen molar-refractivity contribution in [1.29, 1.82) is 0 Å². The van der Waals surface area contributed by atoms with E-state index in [2.05, 4.69) is 23.0 Å². The van der Waals surface area contributed by atoms with Crippen molar-refractivity contribution in [2.75, 3.05) is 38.2 Å². The maximum Gasteiger partial charge on any atom is 0.275 e. The van der Waals surface area contributed by atoms with Gasteiger partial charge in [0.1, 0.15) is 5.75 Å². The van der Waals surface area contributed by atoms with Crippen molar-refractivity contribution in [3.8, 4) is 5.75 Å². The Bertz CT molecular complexity index is 1150. The van der Waals surface area contributed by atoms with Crippen LogP contribution in [-0.2, 0) is 6.54 Å². The Labute approximate surface area is 175 Å². The second kappa shape index (κ2) is 8.18. The van der Waals surface area contributed by atoms with Crippen molar-refractivity contribution in [3.05, 3.63) is 64.1 Å². The molecule has 2 aromatic carbocycles. The lowest BCUT2D eigenvalue weighted by Gasteiger charge is -2.37. The number of nitrogens with zero attached hydrogens (tertiary/aromatic N) is 4. The van der Waals surface area contributed by atoms with E-state index in [1.165, 1.54) is 4.68 Å². The molecule has 0 spiro atoms. The Kier molecular flexibility index (Phi) is 5.44. The van der Waals surface area contributed by atoms with Crippen LogP contribution in [0.1, 0.15) is 23.0 Å². The van der Waals surface area contributed by atoms with Gasteiger partial charge >= 0.3 is 0 Å². The third kappa shape index (κ3) is 3.40. The maximum atomic E-state index is 13.3. The zero-order valence-corrected chi connectivity index (χ0v) is 17.6. The Morgan fingerprint density at radius 2 is 1.73 bits per heavy atom. The van der Waals surface area contributed by atoms with Crippen LogP contribution < -0.4 is 15.2 Å². The van der Waals surface area contributed by atoms with Gasteiger partial charge < -0.3 is 14.5 Å². The minimum atomic E-state index is -0.166. The summed E-state index contributed by atoms with van der Waals surface area (Å²) in [6.45, 7) is 6.92. The molecule has 30 heavy (non-hydrogen) atoms. The van der Waals surface area contributed by atoms with Crippen LogP contribution in [0, 0.1) is 6.92 Å². The summed E-state index contributed by atoms with van der Waals surface area (Å²) in [5.74, 6) is 0.710. The summed E-state index contributed by atoms with van der Waals surface area (Å²) >= 11 is 0. The summed E-state index contributed by atoms with van der Waals surface area (Å²) in [7, 11) is 1.68. The van der Waals surface area contributed by atoms with Gasteiger partial charge in [0.05, 0.1) is 18.2 Å². The van der Waals surface area contributed by atoms with Crippen molar-refractivity contribution in [2.24, 2.45) is 0 Å². The summed E-state index contributed by atoms with van der Waals surface area (Å²) in [6.07, 6.45) is 0. The van der Waals surface area contributed by atoms with E-state index in [9.17, 15) is 9.59 Å². The minimum Gasteiger partial charge on any atom is -0.495 e. The number of carbonyl (C=O) groups excluding carboxylic acids is 1. The number of para-hydroxylation sites is 1. The first-order valence-electron chi connectivity index (χ1n) is 10.2. The molecular weight excluding hydrogens is 380 g/mol. The second-order valence-electron chi connectivity index (χ2n) is 7.42. The molecule has 0 aliphatic carbocycles. The van der Waals surface area contributed by atoms with Crippen LogP contribution in [0.25, 0.3) is 10.8 Å². The number of carbonyl (C=O) groups is 1. The van der Waals surface area contributed by atoms with E-state index >= 15 is 0 Å². The van der Waals surface area contributed by atoms with E-state index in [0.29, 0.717) is 49.2 Å².